The first kappa shape index (κ1) is 20.2. The van der Waals surface area contributed by atoms with Crippen molar-refractivity contribution in [3.05, 3.63) is 72.4 Å². The molecule has 2 fully saturated rings. The van der Waals surface area contributed by atoms with E-state index in [-0.39, 0.29) is 19.7 Å². The SMILES string of the molecule is O=S(=O)(c1ccc(C2CC2)cc1)c1ccc(NC2CC2)cc1S(=O)(=O)c1ccccn1. The van der Waals surface area contributed by atoms with Crippen LogP contribution in [0.25, 0.3) is 0 Å². The summed E-state index contributed by atoms with van der Waals surface area (Å²) in [5.41, 5.74) is 1.70. The first-order valence-corrected chi connectivity index (χ1v) is 13.2. The molecule has 0 saturated heterocycles. The second-order valence-corrected chi connectivity index (χ2v) is 11.9. The van der Waals surface area contributed by atoms with Crippen molar-refractivity contribution in [2.75, 3.05) is 5.32 Å². The van der Waals surface area contributed by atoms with Gasteiger partial charge in [-0.25, -0.2) is 21.8 Å². The number of hydrogen-bond donors (Lipinski definition) is 1. The van der Waals surface area contributed by atoms with Crippen LogP contribution in [0.4, 0.5) is 5.69 Å². The van der Waals surface area contributed by atoms with Gasteiger partial charge >= 0.3 is 0 Å². The fourth-order valence-corrected chi connectivity index (χ4v) is 6.85. The maximum atomic E-state index is 13.5. The molecule has 0 radical (unpaired) electrons. The zero-order valence-corrected chi connectivity index (χ0v) is 18.4. The number of anilines is 1. The Morgan fingerprint density at radius 3 is 2.13 bits per heavy atom. The molecule has 0 amide bonds. The monoisotopic (exact) mass is 454 g/mol. The summed E-state index contributed by atoms with van der Waals surface area (Å²) in [6.07, 6.45) is 5.64. The highest BCUT2D eigenvalue weighted by molar-refractivity contribution is 7.94. The quantitative estimate of drug-likeness (QED) is 0.575. The normalized spacial score (nSPS) is 16.8. The summed E-state index contributed by atoms with van der Waals surface area (Å²) in [6, 6.07) is 16.0. The molecule has 0 atom stereocenters. The number of nitrogens with zero attached hydrogens (tertiary/aromatic N) is 1. The van der Waals surface area contributed by atoms with Gasteiger partial charge < -0.3 is 5.32 Å². The number of hydrogen-bond acceptors (Lipinski definition) is 6. The second kappa shape index (κ2) is 7.46. The minimum atomic E-state index is -4.14. The van der Waals surface area contributed by atoms with Gasteiger partial charge in [-0.2, -0.15) is 0 Å². The number of rotatable bonds is 7. The van der Waals surface area contributed by atoms with E-state index in [1.165, 1.54) is 24.4 Å². The number of pyridine rings is 1. The van der Waals surface area contributed by atoms with E-state index in [4.69, 9.17) is 0 Å². The summed E-state index contributed by atoms with van der Waals surface area (Å²) in [5.74, 6) is 0.504. The van der Waals surface area contributed by atoms with E-state index >= 15 is 0 Å². The lowest BCUT2D eigenvalue weighted by atomic mass is 10.1. The van der Waals surface area contributed by atoms with Crippen LogP contribution in [0.1, 0.15) is 37.2 Å². The third-order valence-electron chi connectivity index (χ3n) is 5.62. The molecule has 1 aromatic heterocycles. The van der Waals surface area contributed by atoms with Crippen LogP contribution in [0.5, 0.6) is 0 Å². The molecule has 1 heterocycles. The van der Waals surface area contributed by atoms with Crippen molar-refractivity contribution in [1.82, 2.24) is 4.98 Å². The molecule has 5 rings (SSSR count). The standard InChI is InChI=1S/C23H22N2O4S2/c26-30(27,20-11-6-17(7-12-20)16-4-5-16)21-13-10-19(25-18-8-9-18)15-22(21)31(28,29)23-3-1-2-14-24-23/h1-3,6-7,10-16,18,25H,4-5,8-9H2. The van der Waals surface area contributed by atoms with Crippen molar-refractivity contribution < 1.29 is 16.8 Å². The zero-order chi connectivity index (χ0) is 21.6. The van der Waals surface area contributed by atoms with Gasteiger partial charge in [0.1, 0.15) is 0 Å². The highest BCUT2D eigenvalue weighted by Gasteiger charge is 2.32. The Morgan fingerprint density at radius 2 is 1.52 bits per heavy atom. The van der Waals surface area contributed by atoms with E-state index in [1.807, 2.05) is 12.1 Å². The molecular weight excluding hydrogens is 432 g/mol. The molecule has 0 spiro atoms. The molecule has 2 aliphatic rings. The summed E-state index contributed by atoms with van der Waals surface area (Å²) in [6.45, 7) is 0. The molecule has 160 valence electrons. The van der Waals surface area contributed by atoms with Crippen LogP contribution in [-0.2, 0) is 19.7 Å². The fraction of sp³-hybridized carbons (Fsp3) is 0.261. The average Bonchev–Trinajstić information content (AvgIpc) is 3.69. The van der Waals surface area contributed by atoms with Crippen molar-refractivity contribution in [3.63, 3.8) is 0 Å². The molecule has 2 aliphatic carbocycles. The first-order chi connectivity index (χ1) is 14.9. The van der Waals surface area contributed by atoms with Crippen LogP contribution in [0.3, 0.4) is 0 Å². The number of benzene rings is 2. The van der Waals surface area contributed by atoms with Gasteiger partial charge in [-0.3, -0.25) is 0 Å². The van der Waals surface area contributed by atoms with E-state index in [0.29, 0.717) is 17.6 Å². The lowest BCUT2D eigenvalue weighted by Crippen LogP contribution is -2.13. The van der Waals surface area contributed by atoms with Crippen molar-refractivity contribution >= 4 is 25.4 Å². The highest BCUT2D eigenvalue weighted by atomic mass is 32.2. The third kappa shape index (κ3) is 3.97. The average molecular weight is 455 g/mol. The van der Waals surface area contributed by atoms with Crippen LogP contribution in [0, 0.1) is 0 Å². The number of nitrogens with one attached hydrogen (secondary N) is 1. The van der Waals surface area contributed by atoms with E-state index in [2.05, 4.69) is 10.3 Å². The van der Waals surface area contributed by atoms with Gasteiger partial charge in [0, 0.05) is 17.9 Å². The Hall–Kier alpha value is -2.71. The Bertz CT molecular complexity index is 1330. The summed E-state index contributed by atoms with van der Waals surface area (Å²) < 4.78 is 53.7. The van der Waals surface area contributed by atoms with Crippen LogP contribution < -0.4 is 5.32 Å². The Labute approximate surface area is 182 Å². The molecule has 8 heteroatoms. The topological polar surface area (TPSA) is 93.2 Å². The van der Waals surface area contributed by atoms with Gasteiger partial charge in [0.15, 0.2) is 5.03 Å². The van der Waals surface area contributed by atoms with E-state index in [1.54, 1.807) is 30.3 Å². The lowest BCUT2D eigenvalue weighted by molar-refractivity contribution is 0.580. The maximum absolute atomic E-state index is 13.5. The van der Waals surface area contributed by atoms with Gasteiger partial charge in [-0.05, 0) is 79.6 Å². The van der Waals surface area contributed by atoms with Crippen molar-refractivity contribution in [3.8, 4) is 0 Å². The lowest BCUT2D eigenvalue weighted by Gasteiger charge is -2.14. The van der Waals surface area contributed by atoms with Crippen LogP contribution in [0.15, 0.2) is 86.6 Å². The third-order valence-corrected chi connectivity index (χ3v) is 9.29. The predicted molar refractivity (Wildman–Crippen MR) is 117 cm³/mol. The summed E-state index contributed by atoms with van der Waals surface area (Å²) in [4.78, 5) is 3.54. The number of sulfone groups is 2. The Morgan fingerprint density at radius 1 is 0.774 bits per heavy atom. The van der Waals surface area contributed by atoms with Crippen LogP contribution >= 0.6 is 0 Å². The predicted octanol–water partition coefficient (Wildman–Crippen LogP) is 4.20. The molecule has 31 heavy (non-hydrogen) atoms. The van der Waals surface area contributed by atoms with Crippen LogP contribution in [-0.4, -0.2) is 27.9 Å². The van der Waals surface area contributed by atoms with E-state index < -0.39 is 19.7 Å². The molecule has 6 nitrogen and oxygen atoms in total. The molecular formula is C23H22N2O4S2. The molecule has 3 aromatic rings. The van der Waals surface area contributed by atoms with Crippen LogP contribution in [0.2, 0.25) is 0 Å². The largest absolute Gasteiger partial charge is 0.382 e. The highest BCUT2D eigenvalue weighted by Crippen LogP contribution is 2.41. The zero-order valence-electron chi connectivity index (χ0n) is 16.7. The van der Waals surface area contributed by atoms with Gasteiger partial charge in [0.05, 0.1) is 14.7 Å². The van der Waals surface area contributed by atoms with Gasteiger partial charge in [-0.1, -0.05) is 18.2 Å². The van der Waals surface area contributed by atoms with Crippen molar-refractivity contribution in [2.24, 2.45) is 0 Å². The van der Waals surface area contributed by atoms with E-state index in [9.17, 15) is 16.8 Å². The minimum Gasteiger partial charge on any atom is -0.382 e. The minimum absolute atomic E-state index is 0.0808. The number of aromatic nitrogens is 1. The molecule has 1 N–H and O–H groups in total. The molecule has 0 aliphatic heterocycles. The smallest absolute Gasteiger partial charge is 0.225 e. The molecule has 2 saturated carbocycles. The van der Waals surface area contributed by atoms with Crippen molar-refractivity contribution in [1.29, 1.82) is 0 Å². The summed E-state index contributed by atoms with van der Waals surface area (Å²) in [5, 5.41) is 3.06. The Kier molecular flexibility index (Phi) is 4.86. The Balaban J connectivity index is 1.63. The second-order valence-electron chi connectivity index (χ2n) is 8.10. The molecule has 2 aromatic carbocycles. The van der Waals surface area contributed by atoms with Gasteiger partial charge in [0.2, 0.25) is 19.7 Å². The maximum Gasteiger partial charge on any atom is 0.225 e. The van der Waals surface area contributed by atoms with Gasteiger partial charge in [-0.15, -0.1) is 0 Å². The van der Waals surface area contributed by atoms with Crippen molar-refractivity contribution in [2.45, 2.75) is 57.4 Å². The first-order valence-electron chi connectivity index (χ1n) is 10.3. The molecule has 0 unspecified atom stereocenters. The summed E-state index contributed by atoms with van der Waals surface area (Å²) >= 11 is 0. The van der Waals surface area contributed by atoms with E-state index in [0.717, 1.165) is 31.2 Å². The summed E-state index contributed by atoms with van der Waals surface area (Å²) in [7, 11) is -8.19. The molecule has 0 bridgehead atoms. The van der Waals surface area contributed by atoms with Gasteiger partial charge in [0.25, 0.3) is 0 Å². The fourth-order valence-electron chi connectivity index (χ4n) is 3.57.